The Bertz CT molecular complexity index is 462. The molecule has 0 aliphatic carbocycles. The molecule has 2 aromatic carbocycles. The third-order valence-electron chi connectivity index (χ3n) is 3.02. The normalized spacial score (nSPS) is 8.71. The molecule has 3 heteroatoms. The van der Waals surface area contributed by atoms with Gasteiger partial charge < -0.3 is 12.4 Å². The van der Waals surface area contributed by atoms with Gasteiger partial charge in [0.25, 0.3) is 0 Å². The molecule has 2 aromatic rings. The number of halogens is 1. The van der Waals surface area contributed by atoms with Crippen LogP contribution in [0.4, 0.5) is 0 Å². The molecule has 2 rings (SSSR count). The minimum Gasteiger partial charge on any atom is -1.00 e. The van der Waals surface area contributed by atoms with Crippen molar-refractivity contribution < 1.29 is 35.7 Å². The van der Waals surface area contributed by atoms with Crippen molar-refractivity contribution in [1.82, 2.24) is 0 Å². The van der Waals surface area contributed by atoms with Gasteiger partial charge in [-0.05, 0) is 0 Å². The van der Waals surface area contributed by atoms with Gasteiger partial charge in [-0.15, -0.1) is 0 Å². The van der Waals surface area contributed by atoms with E-state index in [9.17, 15) is 0 Å². The summed E-state index contributed by atoms with van der Waals surface area (Å²) in [6.07, 6.45) is 0. The van der Waals surface area contributed by atoms with Crippen LogP contribution >= 0.6 is 0 Å². The fraction of sp³-hybridized carbons (Fsp3) is 0.444. The Morgan fingerprint density at radius 2 is 1.00 bits per heavy atom. The van der Waals surface area contributed by atoms with Crippen LogP contribution in [0.15, 0.2) is 24.3 Å². The second-order valence-electron chi connectivity index (χ2n) is 5.80. The van der Waals surface area contributed by atoms with Crippen molar-refractivity contribution in [3.63, 3.8) is 0 Å². The molecule has 0 aliphatic rings. The van der Waals surface area contributed by atoms with Crippen LogP contribution in [0.25, 0.3) is 0 Å². The van der Waals surface area contributed by atoms with Gasteiger partial charge in [0.1, 0.15) is 0 Å². The fourth-order valence-corrected chi connectivity index (χ4v) is 1.90. The monoisotopic (exact) mass is 397 g/mol. The average Bonchev–Trinajstić information content (AvgIpc) is 2.70. The predicted octanol–water partition coefficient (Wildman–Crippen LogP) is 2.45. The summed E-state index contributed by atoms with van der Waals surface area (Å²) in [5.74, 6) is 0. The van der Waals surface area contributed by atoms with Crippen LogP contribution in [0.3, 0.4) is 0 Å². The van der Waals surface area contributed by atoms with E-state index in [4.69, 9.17) is 0 Å². The van der Waals surface area contributed by atoms with Crippen LogP contribution in [0.2, 0.25) is 13.1 Å². The van der Waals surface area contributed by atoms with Gasteiger partial charge in [-0.25, -0.2) is 12.1 Å². The molecule has 118 valence electrons. The molecule has 0 saturated carbocycles. The first kappa shape index (κ1) is 23.4. The summed E-state index contributed by atoms with van der Waals surface area (Å²) in [6, 6.07) is 8.81. The second-order valence-corrected chi connectivity index (χ2v) is 15.2. The predicted molar refractivity (Wildman–Crippen MR) is 90.0 cm³/mol. The van der Waals surface area contributed by atoms with Crippen molar-refractivity contribution >= 4 is 5.43 Å². The Labute approximate surface area is 152 Å². The quantitative estimate of drug-likeness (QED) is 0.472. The number of rotatable bonds is 0. The molecule has 0 radical (unpaired) electrons. The van der Waals surface area contributed by atoms with Crippen LogP contribution in [0.1, 0.15) is 33.4 Å². The van der Waals surface area contributed by atoms with Crippen molar-refractivity contribution in [2.75, 3.05) is 0 Å². The van der Waals surface area contributed by atoms with Gasteiger partial charge in [0, 0.05) is 0 Å². The summed E-state index contributed by atoms with van der Waals surface area (Å²) in [7, 11) is 0. The summed E-state index contributed by atoms with van der Waals surface area (Å²) in [6.45, 7) is 17.4. The standard InChI is InChI=1S/2C8H11.C2H6Si.ClH.Zr/c2*1-6-4-7(2)8(3)5-6;1-3-2;;/h2*4-5H,1-3H3;1-2H3;1H;/q2*-1;;;/p-1. The first-order valence-corrected chi connectivity index (χ1v) is 13.2. The van der Waals surface area contributed by atoms with E-state index in [1.807, 2.05) is 0 Å². The molecule has 0 N–H and O–H groups in total. The first-order chi connectivity index (χ1) is 9.13. The van der Waals surface area contributed by atoms with Crippen molar-refractivity contribution in [1.29, 1.82) is 0 Å². The van der Waals surface area contributed by atoms with E-state index in [0.29, 0.717) is 0 Å². The minimum absolute atomic E-state index is 0. The molecule has 0 saturated heterocycles. The van der Waals surface area contributed by atoms with E-state index in [1.54, 1.807) is 23.3 Å². The maximum absolute atomic E-state index is 2.31. The van der Waals surface area contributed by atoms with Gasteiger partial charge in [-0.2, -0.15) is 45.5 Å². The number of hydrogen-bond acceptors (Lipinski definition) is 0. The number of aryl methyl sites for hydroxylation is 6. The van der Waals surface area contributed by atoms with Crippen LogP contribution in [0.5, 0.6) is 0 Å². The van der Waals surface area contributed by atoms with Crippen LogP contribution in [-0.4, -0.2) is 5.43 Å². The summed E-state index contributed by atoms with van der Waals surface area (Å²) in [5, 5.41) is 0. The maximum Gasteiger partial charge on any atom is -0.0632 e. The van der Waals surface area contributed by atoms with Gasteiger partial charge in [-0.1, -0.05) is 41.5 Å². The molecular formula is C18H28ClSiZr-3. The Balaban J connectivity index is 0. The topological polar surface area (TPSA) is 0 Å². The average molecular weight is 399 g/mol. The number of hydrogen-bond donors (Lipinski definition) is 0. The Kier molecular flexibility index (Phi) is 12.9. The SMILES string of the molecule is C[Si](C)=[Zr].Cc1cc(C)c(C)[cH-]1.Cc1cc(C)c(C)[cH-]1.[Cl-]. The Hall–Kier alpha value is 0.0900. The Morgan fingerprint density at radius 3 is 1.05 bits per heavy atom. The van der Waals surface area contributed by atoms with E-state index in [0.717, 1.165) is 0 Å². The molecule has 0 bridgehead atoms. The van der Waals surface area contributed by atoms with E-state index in [-0.39, 0.29) is 17.8 Å². The van der Waals surface area contributed by atoms with Crippen molar-refractivity contribution in [2.45, 2.75) is 54.6 Å². The molecule has 0 atom stereocenters. The van der Waals surface area contributed by atoms with Crippen LogP contribution in [0, 0.1) is 41.5 Å². The smallest absolute Gasteiger partial charge is 0.0632 e. The molecule has 21 heavy (non-hydrogen) atoms. The van der Waals surface area contributed by atoms with Gasteiger partial charge >= 0.3 is 41.9 Å². The van der Waals surface area contributed by atoms with E-state index in [1.165, 1.54) is 33.4 Å². The van der Waals surface area contributed by atoms with Gasteiger partial charge in [0.2, 0.25) is 0 Å². The maximum atomic E-state index is 2.31. The van der Waals surface area contributed by atoms with Crippen molar-refractivity contribution in [3.05, 3.63) is 57.6 Å². The van der Waals surface area contributed by atoms with Crippen molar-refractivity contribution in [2.24, 2.45) is 0 Å². The molecule has 0 fully saturated rings. The molecule has 0 spiro atoms. The largest absolute Gasteiger partial charge is 1.00 e. The van der Waals surface area contributed by atoms with Gasteiger partial charge in [-0.3, -0.25) is 0 Å². The molecule has 0 aromatic heterocycles. The van der Waals surface area contributed by atoms with E-state index >= 15 is 0 Å². The summed E-state index contributed by atoms with van der Waals surface area (Å²) >= 11 is 1.74. The summed E-state index contributed by atoms with van der Waals surface area (Å²) in [4.78, 5) is 0. The van der Waals surface area contributed by atoms with E-state index < -0.39 is 0 Å². The zero-order chi connectivity index (χ0) is 15.9. The van der Waals surface area contributed by atoms with Gasteiger partial charge in [0.15, 0.2) is 0 Å². The van der Waals surface area contributed by atoms with Crippen molar-refractivity contribution in [3.8, 4) is 0 Å². The van der Waals surface area contributed by atoms with Crippen LogP contribution in [-0.2, 0) is 23.3 Å². The molecule has 0 heterocycles. The van der Waals surface area contributed by atoms with Gasteiger partial charge in [0.05, 0.1) is 0 Å². The molecule has 0 unspecified atom stereocenters. The molecule has 0 nitrogen and oxygen atoms in total. The third-order valence-corrected chi connectivity index (χ3v) is 3.02. The fourth-order valence-electron chi connectivity index (χ4n) is 1.90. The minimum atomic E-state index is 0. The van der Waals surface area contributed by atoms with Crippen LogP contribution < -0.4 is 12.4 Å². The zero-order valence-corrected chi connectivity index (χ0v) is 18.9. The third kappa shape index (κ3) is 11.3. The zero-order valence-electron chi connectivity index (χ0n) is 14.7. The molecule has 0 amide bonds. The first-order valence-electron chi connectivity index (χ1n) is 7.06. The summed E-state index contributed by atoms with van der Waals surface area (Å²) in [5.41, 5.74) is 8.58. The second kappa shape index (κ2) is 11.6. The molecular weight excluding hydrogens is 371 g/mol. The molecule has 0 aliphatic heterocycles. The Morgan fingerprint density at radius 1 is 0.762 bits per heavy atom. The summed E-state index contributed by atoms with van der Waals surface area (Å²) < 4.78 is 0. The van der Waals surface area contributed by atoms with E-state index in [2.05, 4.69) is 78.9 Å².